The van der Waals surface area contributed by atoms with Gasteiger partial charge in [-0.2, -0.15) is 0 Å². The topological polar surface area (TPSA) is 105 Å². The Kier molecular flexibility index (Phi) is 3.79. The van der Waals surface area contributed by atoms with E-state index in [2.05, 4.69) is 15.2 Å². The summed E-state index contributed by atoms with van der Waals surface area (Å²) in [5.74, 6) is -0.104. The number of rotatable bonds is 3. The Labute approximate surface area is 144 Å². The minimum atomic E-state index is -0.650. The van der Waals surface area contributed by atoms with Gasteiger partial charge in [0, 0.05) is 25.2 Å². The quantitative estimate of drug-likeness (QED) is 0.878. The van der Waals surface area contributed by atoms with E-state index in [-0.39, 0.29) is 17.6 Å². The van der Waals surface area contributed by atoms with Gasteiger partial charge < -0.3 is 15.5 Å². The highest BCUT2D eigenvalue weighted by molar-refractivity contribution is 5.98. The molecular formula is C17H18N6O2. The van der Waals surface area contributed by atoms with Crippen LogP contribution in [0.5, 0.6) is 0 Å². The number of nitrogens with two attached hydrogens (primary N) is 1. The van der Waals surface area contributed by atoms with Crippen LogP contribution in [0.25, 0.3) is 0 Å². The summed E-state index contributed by atoms with van der Waals surface area (Å²) < 4.78 is 0. The van der Waals surface area contributed by atoms with E-state index in [1.54, 1.807) is 0 Å². The summed E-state index contributed by atoms with van der Waals surface area (Å²) in [7, 11) is 0. The van der Waals surface area contributed by atoms with Gasteiger partial charge in [0.05, 0.1) is 12.2 Å². The zero-order chi connectivity index (χ0) is 17.4. The van der Waals surface area contributed by atoms with E-state index < -0.39 is 5.91 Å². The van der Waals surface area contributed by atoms with E-state index >= 15 is 0 Å². The number of fused-ring (bicyclic) bond motifs is 1. The van der Waals surface area contributed by atoms with Crippen molar-refractivity contribution < 1.29 is 9.59 Å². The van der Waals surface area contributed by atoms with Crippen molar-refractivity contribution in [3.8, 4) is 0 Å². The Morgan fingerprint density at radius 2 is 2.08 bits per heavy atom. The Bertz CT molecular complexity index is 822. The molecule has 1 aromatic heterocycles. The molecule has 1 saturated heterocycles. The van der Waals surface area contributed by atoms with Crippen LogP contribution in [0.3, 0.4) is 0 Å². The van der Waals surface area contributed by atoms with Crippen molar-refractivity contribution in [1.29, 1.82) is 0 Å². The molecule has 0 spiro atoms. The normalized spacial score (nSPS) is 19.8. The summed E-state index contributed by atoms with van der Waals surface area (Å²) >= 11 is 0. The number of nitrogens with zero attached hydrogens (tertiary/aromatic N) is 5. The van der Waals surface area contributed by atoms with Crippen molar-refractivity contribution in [1.82, 2.24) is 20.1 Å². The van der Waals surface area contributed by atoms with Crippen molar-refractivity contribution in [3.63, 3.8) is 0 Å². The van der Waals surface area contributed by atoms with E-state index in [1.807, 2.05) is 34.1 Å². The highest BCUT2D eigenvalue weighted by atomic mass is 16.2. The summed E-state index contributed by atoms with van der Waals surface area (Å²) in [5.41, 5.74) is 7.08. The first-order chi connectivity index (χ1) is 12.1. The summed E-state index contributed by atoms with van der Waals surface area (Å²) in [6, 6.07) is 7.85. The van der Waals surface area contributed by atoms with Crippen molar-refractivity contribution in [2.75, 3.05) is 18.0 Å². The first-order valence-corrected chi connectivity index (χ1v) is 8.27. The van der Waals surface area contributed by atoms with Crippen LogP contribution in [0.4, 0.5) is 5.95 Å². The molecule has 25 heavy (non-hydrogen) atoms. The first-order valence-electron chi connectivity index (χ1n) is 8.27. The number of primary amides is 1. The van der Waals surface area contributed by atoms with E-state index in [1.165, 1.54) is 6.20 Å². The van der Waals surface area contributed by atoms with Crippen LogP contribution in [-0.4, -0.2) is 51.0 Å². The SMILES string of the molecule is NC(=O)c1cnc(N2CCCC(N3Cc4ccccc4C3=O)C2)nn1. The van der Waals surface area contributed by atoms with Gasteiger partial charge in [-0.25, -0.2) is 4.98 Å². The molecule has 1 aromatic carbocycles. The van der Waals surface area contributed by atoms with E-state index in [9.17, 15) is 9.59 Å². The number of benzene rings is 1. The number of aromatic nitrogens is 3. The van der Waals surface area contributed by atoms with Crippen LogP contribution in [0.2, 0.25) is 0 Å². The third-order valence-electron chi connectivity index (χ3n) is 4.77. The zero-order valence-corrected chi connectivity index (χ0v) is 13.6. The summed E-state index contributed by atoms with van der Waals surface area (Å²) in [5, 5.41) is 7.82. The predicted molar refractivity (Wildman–Crippen MR) is 89.9 cm³/mol. The second-order valence-electron chi connectivity index (χ2n) is 6.34. The maximum absolute atomic E-state index is 12.7. The average molecular weight is 338 g/mol. The molecule has 2 N–H and O–H groups in total. The maximum atomic E-state index is 12.7. The third-order valence-corrected chi connectivity index (χ3v) is 4.77. The van der Waals surface area contributed by atoms with Crippen LogP contribution in [-0.2, 0) is 6.54 Å². The summed E-state index contributed by atoms with van der Waals surface area (Å²) in [6.07, 6.45) is 3.22. The van der Waals surface area contributed by atoms with Gasteiger partial charge in [0.25, 0.3) is 11.8 Å². The largest absolute Gasteiger partial charge is 0.364 e. The Balaban J connectivity index is 1.50. The Morgan fingerprint density at radius 3 is 2.80 bits per heavy atom. The molecule has 0 radical (unpaired) electrons. The molecule has 2 aliphatic heterocycles. The lowest BCUT2D eigenvalue weighted by Crippen LogP contribution is -2.48. The molecule has 8 nitrogen and oxygen atoms in total. The fourth-order valence-corrected chi connectivity index (χ4v) is 3.49. The number of carbonyl (C=O) groups excluding carboxylic acids is 2. The molecule has 3 heterocycles. The van der Waals surface area contributed by atoms with Crippen LogP contribution in [0, 0.1) is 0 Å². The Morgan fingerprint density at radius 1 is 1.24 bits per heavy atom. The van der Waals surface area contributed by atoms with Crippen molar-refractivity contribution in [2.45, 2.75) is 25.4 Å². The van der Waals surface area contributed by atoms with Gasteiger partial charge in [0.15, 0.2) is 5.69 Å². The van der Waals surface area contributed by atoms with E-state index in [4.69, 9.17) is 5.73 Å². The predicted octanol–water partition coefficient (Wildman–Crippen LogP) is 0.595. The summed E-state index contributed by atoms with van der Waals surface area (Å²) in [4.78, 5) is 31.9. The number of carbonyl (C=O) groups is 2. The van der Waals surface area contributed by atoms with Crippen molar-refractivity contribution >= 4 is 17.8 Å². The smallest absolute Gasteiger partial charge is 0.270 e. The molecular weight excluding hydrogens is 320 g/mol. The van der Waals surface area contributed by atoms with Gasteiger partial charge in [0.1, 0.15) is 0 Å². The molecule has 2 aliphatic rings. The lowest BCUT2D eigenvalue weighted by molar-refractivity contribution is 0.0685. The third kappa shape index (κ3) is 2.79. The molecule has 0 aliphatic carbocycles. The maximum Gasteiger partial charge on any atom is 0.270 e. The fraction of sp³-hybridized carbons (Fsp3) is 0.353. The van der Waals surface area contributed by atoms with Gasteiger partial charge >= 0.3 is 0 Å². The van der Waals surface area contributed by atoms with Gasteiger partial charge in [-0.05, 0) is 24.5 Å². The number of piperidine rings is 1. The van der Waals surface area contributed by atoms with Crippen molar-refractivity contribution in [2.24, 2.45) is 5.73 Å². The van der Waals surface area contributed by atoms with Crippen LogP contribution in [0.15, 0.2) is 30.5 Å². The molecule has 1 unspecified atom stereocenters. The van der Waals surface area contributed by atoms with E-state index in [0.717, 1.165) is 30.5 Å². The summed E-state index contributed by atoms with van der Waals surface area (Å²) in [6.45, 7) is 2.09. The van der Waals surface area contributed by atoms with Crippen LogP contribution >= 0.6 is 0 Å². The van der Waals surface area contributed by atoms with Gasteiger partial charge in [-0.3, -0.25) is 9.59 Å². The highest BCUT2D eigenvalue weighted by Crippen LogP contribution is 2.28. The number of amides is 2. The first kappa shape index (κ1) is 15.5. The zero-order valence-electron chi connectivity index (χ0n) is 13.6. The second kappa shape index (κ2) is 6.12. The minimum Gasteiger partial charge on any atom is -0.364 e. The number of hydrogen-bond acceptors (Lipinski definition) is 6. The fourth-order valence-electron chi connectivity index (χ4n) is 3.49. The minimum absolute atomic E-state index is 0.0440. The molecule has 1 atom stereocenters. The molecule has 0 bridgehead atoms. The van der Waals surface area contributed by atoms with Crippen LogP contribution < -0.4 is 10.6 Å². The molecule has 128 valence electrons. The molecule has 4 rings (SSSR count). The average Bonchev–Trinajstić information content (AvgIpc) is 2.99. The lowest BCUT2D eigenvalue weighted by Gasteiger charge is -2.37. The highest BCUT2D eigenvalue weighted by Gasteiger charge is 2.35. The number of anilines is 1. The second-order valence-corrected chi connectivity index (χ2v) is 6.34. The molecule has 2 aromatic rings. The molecule has 8 heteroatoms. The molecule has 2 amide bonds. The standard InChI is InChI=1S/C17H18N6O2/c18-15(24)14-8-19-17(21-20-14)22-7-3-5-12(10-22)23-9-11-4-1-2-6-13(11)16(23)25/h1-2,4,6,8,12H,3,5,7,9-10H2,(H2,18,24). The van der Waals surface area contributed by atoms with Gasteiger partial charge in [0.2, 0.25) is 5.95 Å². The van der Waals surface area contributed by atoms with Gasteiger partial charge in [-0.15, -0.1) is 10.2 Å². The lowest BCUT2D eigenvalue weighted by atomic mass is 10.0. The Hall–Kier alpha value is -3.03. The van der Waals surface area contributed by atoms with Crippen molar-refractivity contribution in [3.05, 3.63) is 47.3 Å². The molecule has 1 fully saturated rings. The monoisotopic (exact) mass is 338 g/mol. The van der Waals surface area contributed by atoms with Crippen LogP contribution in [0.1, 0.15) is 39.3 Å². The van der Waals surface area contributed by atoms with E-state index in [0.29, 0.717) is 19.0 Å². The molecule has 0 saturated carbocycles. The number of hydrogen-bond donors (Lipinski definition) is 1. The van der Waals surface area contributed by atoms with Gasteiger partial charge in [-0.1, -0.05) is 18.2 Å².